The second-order valence-electron chi connectivity index (χ2n) is 6.84. The predicted octanol–water partition coefficient (Wildman–Crippen LogP) is 2.97. The summed E-state index contributed by atoms with van der Waals surface area (Å²) in [5, 5.41) is -0.474. The highest BCUT2D eigenvalue weighted by molar-refractivity contribution is 7.92. The van der Waals surface area contributed by atoms with Crippen LogP contribution < -0.4 is 4.74 Å². The van der Waals surface area contributed by atoms with Crippen LogP contribution in [0.25, 0.3) is 11.3 Å². The number of rotatable bonds is 5. The molecule has 3 heterocycles. The lowest BCUT2D eigenvalue weighted by Crippen LogP contribution is -2.13. The van der Waals surface area contributed by atoms with Crippen LogP contribution in [0.1, 0.15) is 31.0 Å². The molecular weight excluding hydrogens is 390 g/mol. The Kier molecular flexibility index (Phi) is 4.83. The van der Waals surface area contributed by atoms with Crippen molar-refractivity contribution in [2.24, 2.45) is 4.99 Å². The van der Waals surface area contributed by atoms with E-state index < -0.39 is 15.1 Å². The van der Waals surface area contributed by atoms with Crippen molar-refractivity contribution in [3.63, 3.8) is 0 Å². The van der Waals surface area contributed by atoms with Crippen LogP contribution in [-0.2, 0) is 9.84 Å². The lowest BCUT2D eigenvalue weighted by molar-refractivity contribution is 0.379. The molecule has 1 aliphatic heterocycles. The summed E-state index contributed by atoms with van der Waals surface area (Å²) in [5.41, 5.74) is 2.95. The van der Waals surface area contributed by atoms with Crippen LogP contribution in [-0.4, -0.2) is 46.9 Å². The van der Waals surface area contributed by atoms with Crippen LogP contribution in [0.3, 0.4) is 0 Å². The quantitative estimate of drug-likeness (QED) is 0.637. The molecule has 0 fully saturated rings. The summed E-state index contributed by atoms with van der Waals surface area (Å²) >= 11 is 0. The van der Waals surface area contributed by atoms with E-state index in [1.54, 1.807) is 62.9 Å². The highest BCUT2D eigenvalue weighted by Gasteiger charge is 2.25. The lowest BCUT2D eigenvalue weighted by Gasteiger charge is -2.11. The monoisotopic (exact) mass is 409 g/mol. The number of hydrogen-bond donors (Lipinski definition) is 0. The Morgan fingerprint density at radius 3 is 2.31 bits per heavy atom. The molecule has 148 valence electrons. The van der Waals surface area contributed by atoms with Crippen LogP contribution in [0.4, 0.5) is 5.82 Å². The molecule has 1 unspecified atom stereocenters. The zero-order chi connectivity index (χ0) is 20.6. The summed E-state index contributed by atoms with van der Waals surface area (Å²) in [6.45, 7) is 3.33. The minimum Gasteiger partial charge on any atom is -0.467 e. The average molecular weight is 409 g/mol. The van der Waals surface area contributed by atoms with Crippen molar-refractivity contribution in [1.82, 2.24) is 19.9 Å². The maximum absolute atomic E-state index is 12.3. The third-order valence-corrected chi connectivity index (χ3v) is 6.88. The Hall–Kier alpha value is -3.20. The standard InChI is InChI=1S/C20H19N5O3S/c1-12(2)29(26,27)15-6-4-13(5-7-15)17-11-22-19-18(25-17)16(10-21-19)14-8-23-20(28-3)24-9-14/h4-12,16H,1-3H3. The highest BCUT2D eigenvalue weighted by Crippen LogP contribution is 2.34. The first-order valence-corrected chi connectivity index (χ1v) is 10.6. The van der Waals surface area contributed by atoms with Gasteiger partial charge in [0.1, 0.15) is 0 Å². The van der Waals surface area contributed by atoms with Crippen LogP contribution in [0, 0.1) is 0 Å². The van der Waals surface area contributed by atoms with Crippen molar-refractivity contribution in [3.05, 3.63) is 54.1 Å². The number of ether oxygens (including phenoxy) is 1. The molecule has 1 aliphatic rings. The number of fused-ring (bicyclic) bond motifs is 1. The van der Waals surface area contributed by atoms with Crippen molar-refractivity contribution in [2.75, 3.05) is 7.11 Å². The van der Waals surface area contributed by atoms with Gasteiger partial charge in [-0.3, -0.25) is 0 Å². The van der Waals surface area contributed by atoms with Crippen molar-refractivity contribution >= 4 is 21.9 Å². The summed E-state index contributed by atoms with van der Waals surface area (Å²) < 4.78 is 29.6. The Labute approximate surface area is 168 Å². The first kappa shape index (κ1) is 19.1. The molecular formula is C20H19N5O3S. The predicted molar refractivity (Wildman–Crippen MR) is 108 cm³/mol. The van der Waals surface area contributed by atoms with E-state index in [9.17, 15) is 8.42 Å². The molecule has 0 N–H and O–H groups in total. The minimum atomic E-state index is -3.32. The summed E-state index contributed by atoms with van der Waals surface area (Å²) in [6.07, 6.45) is 6.75. The molecule has 0 spiro atoms. The first-order chi connectivity index (χ1) is 13.9. The molecule has 0 saturated carbocycles. The Balaban J connectivity index is 1.66. The second kappa shape index (κ2) is 7.32. The molecule has 3 aromatic rings. The molecule has 29 heavy (non-hydrogen) atoms. The van der Waals surface area contributed by atoms with E-state index in [4.69, 9.17) is 9.72 Å². The third-order valence-electron chi connectivity index (χ3n) is 4.71. The van der Waals surface area contributed by atoms with Crippen LogP contribution >= 0.6 is 0 Å². The zero-order valence-corrected chi connectivity index (χ0v) is 17.0. The molecule has 0 saturated heterocycles. The molecule has 0 radical (unpaired) electrons. The summed E-state index contributed by atoms with van der Waals surface area (Å²) in [5.74, 6) is 0.345. The fourth-order valence-corrected chi connectivity index (χ4v) is 4.04. The van der Waals surface area contributed by atoms with Gasteiger partial charge in [0, 0.05) is 29.7 Å². The SMILES string of the molecule is COc1ncc(C2C=Nc3ncc(-c4ccc(S(=O)(=O)C(C)C)cc4)nc32)cn1. The largest absolute Gasteiger partial charge is 0.467 e. The minimum absolute atomic E-state index is 0.205. The van der Waals surface area contributed by atoms with Crippen LogP contribution in [0.15, 0.2) is 52.7 Å². The molecule has 1 aromatic carbocycles. The third kappa shape index (κ3) is 3.49. The first-order valence-electron chi connectivity index (χ1n) is 9.01. The Bertz CT molecular complexity index is 1170. The number of aliphatic imine (C=N–C) groups is 1. The van der Waals surface area contributed by atoms with Gasteiger partial charge in [0.15, 0.2) is 15.7 Å². The summed E-state index contributed by atoms with van der Waals surface area (Å²) in [6, 6.07) is 6.98. The number of benzene rings is 1. The average Bonchev–Trinajstić information content (AvgIpc) is 3.17. The summed E-state index contributed by atoms with van der Waals surface area (Å²) in [4.78, 5) is 22.0. The van der Waals surface area contributed by atoms with Crippen LogP contribution in [0.5, 0.6) is 6.01 Å². The maximum atomic E-state index is 12.3. The summed E-state index contributed by atoms with van der Waals surface area (Å²) in [7, 11) is -1.81. The van der Waals surface area contributed by atoms with Crippen molar-refractivity contribution in [1.29, 1.82) is 0 Å². The Morgan fingerprint density at radius 2 is 1.69 bits per heavy atom. The van der Waals surface area contributed by atoms with Gasteiger partial charge in [0.05, 0.1) is 40.8 Å². The molecule has 2 aromatic heterocycles. The second-order valence-corrected chi connectivity index (χ2v) is 9.35. The molecule has 0 aliphatic carbocycles. The van der Waals surface area contributed by atoms with E-state index in [1.165, 1.54) is 7.11 Å². The van der Waals surface area contributed by atoms with Gasteiger partial charge in [-0.05, 0) is 26.0 Å². The van der Waals surface area contributed by atoms with Crippen LogP contribution in [0.2, 0.25) is 0 Å². The Morgan fingerprint density at radius 1 is 1.00 bits per heavy atom. The van der Waals surface area contributed by atoms with Gasteiger partial charge in [-0.1, -0.05) is 12.1 Å². The highest BCUT2D eigenvalue weighted by atomic mass is 32.2. The molecule has 0 bridgehead atoms. The fourth-order valence-electron chi connectivity index (χ4n) is 2.98. The molecule has 8 nitrogen and oxygen atoms in total. The lowest BCUT2D eigenvalue weighted by atomic mass is 10.0. The smallest absolute Gasteiger partial charge is 0.316 e. The van der Waals surface area contributed by atoms with Gasteiger partial charge >= 0.3 is 6.01 Å². The fraction of sp³-hybridized carbons (Fsp3) is 0.250. The number of hydrogen-bond acceptors (Lipinski definition) is 8. The van der Waals surface area contributed by atoms with Crippen molar-refractivity contribution in [3.8, 4) is 17.3 Å². The molecule has 1 atom stereocenters. The van der Waals surface area contributed by atoms with E-state index in [-0.39, 0.29) is 5.92 Å². The number of aromatic nitrogens is 4. The van der Waals surface area contributed by atoms with Gasteiger partial charge in [0.2, 0.25) is 0 Å². The van der Waals surface area contributed by atoms with E-state index in [0.717, 1.165) is 11.1 Å². The normalized spacial score (nSPS) is 15.5. The van der Waals surface area contributed by atoms with Gasteiger partial charge in [-0.2, -0.15) is 0 Å². The van der Waals surface area contributed by atoms with E-state index >= 15 is 0 Å². The van der Waals surface area contributed by atoms with E-state index in [1.807, 2.05) is 0 Å². The van der Waals surface area contributed by atoms with Gasteiger partial charge in [-0.25, -0.2) is 33.3 Å². The number of methoxy groups -OCH3 is 1. The van der Waals surface area contributed by atoms with Gasteiger partial charge in [-0.15, -0.1) is 0 Å². The van der Waals surface area contributed by atoms with Crippen molar-refractivity contribution < 1.29 is 13.2 Å². The van der Waals surface area contributed by atoms with E-state index in [0.29, 0.717) is 28.1 Å². The van der Waals surface area contributed by atoms with Gasteiger partial charge in [0.25, 0.3) is 0 Å². The molecule has 4 rings (SSSR count). The maximum Gasteiger partial charge on any atom is 0.316 e. The molecule has 9 heteroatoms. The number of sulfone groups is 1. The topological polar surface area (TPSA) is 107 Å². The number of nitrogens with zero attached hydrogens (tertiary/aromatic N) is 5. The van der Waals surface area contributed by atoms with Crippen molar-refractivity contribution in [2.45, 2.75) is 29.9 Å². The van der Waals surface area contributed by atoms with E-state index in [2.05, 4.69) is 19.9 Å². The van der Waals surface area contributed by atoms with Gasteiger partial charge < -0.3 is 4.74 Å². The molecule has 0 amide bonds. The zero-order valence-electron chi connectivity index (χ0n) is 16.1.